The van der Waals surface area contributed by atoms with Gasteiger partial charge in [-0.3, -0.25) is 4.79 Å². The molecule has 1 heterocycles. The minimum Gasteiger partial charge on any atom is -0.294 e. The predicted molar refractivity (Wildman–Crippen MR) is 74.1 cm³/mol. The lowest BCUT2D eigenvalue weighted by Crippen LogP contribution is -1.95. The number of hydrogen-bond acceptors (Lipinski definition) is 2. The molecule has 1 nitrogen and oxygen atoms in total. The van der Waals surface area contributed by atoms with Crippen LogP contribution in [0.4, 0.5) is 0 Å². The summed E-state index contributed by atoms with van der Waals surface area (Å²) >= 11 is 1.66. The normalized spacial score (nSPS) is 11.5. The Morgan fingerprint density at radius 2 is 1.94 bits per heavy atom. The molecule has 0 aliphatic heterocycles. The van der Waals surface area contributed by atoms with E-state index in [-0.39, 0.29) is 5.78 Å². The maximum atomic E-state index is 11.7. The molecule has 86 valence electrons. The zero-order valence-corrected chi connectivity index (χ0v) is 10.8. The lowest BCUT2D eigenvalue weighted by Gasteiger charge is -2.02. The molecule has 0 unspecified atom stereocenters. The molecular formula is C15H14OS. The largest absolute Gasteiger partial charge is 0.294 e. The van der Waals surface area contributed by atoms with Crippen LogP contribution < -0.4 is 0 Å². The maximum Gasteiger partial charge on any atom is 0.160 e. The second-order valence-corrected chi connectivity index (χ2v) is 4.95. The van der Waals surface area contributed by atoms with E-state index in [1.165, 1.54) is 5.56 Å². The van der Waals surface area contributed by atoms with Crippen LogP contribution in [0.15, 0.2) is 41.8 Å². The molecule has 17 heavy (non-hydrogen) atoms. The van der Waals surface area contributed by atoms with E-state index in [1.807, 2.05) is 36.4 Å². The van der Waals surface area contributed by atoms with Gasteiger partial charge in [-0.05, 0) is 42.5 Å². The summed E-state index contributed by atoms with van der Waals surface area (Å²) in [6.07, 6.45) is 1.97. The fraction of sp³-hybridized carbons (Fsp3) is 0.133. The molecule has 0 spiro atoms. The molecule has 2 heteroatoms. The van der Waals surface area contributed by atoms with Crippen LogP contribution >= 0.6 is 11.3 Å². The summed E-state index contributed by atoms with van der Waals surface area (Å²) < 4.78 is 0. The first-order valence-corrected chi connectivity index (χ1v) is 6.38. The van der Waals surface area contributed by atoms with E-state index in [4.69, 9.17) is 0 Å². The van der Waals surface area contributed by atoms with Crippen LogP contribution in [0.5, 0.6) is 0 Å². The Balaban J connectivity index is 2.43. The highest BCUT2D eigenvalue weighted by atomic mass is 32.1. The topological polar surface area (TPSA) is 17.1 Å². The smallest absolute Gasteiger partial charge is 0.160 e. The number of allylic oxidation sites excluding steroid dienone is 1. The van der Waals surface area contributed by atoms with E-state index < -0.39 is 0 Å². The van der Waals surface area contributed by atoms with E-state index in [0.29, 0.717) is 0 Å². The summed E-state index contributed by atoms with van der Waals surface area (Å²) in [5.74, 6) is 0.0993. The standard InChI is InChI=1S/C15H14OS/c1-11-8-14(17-10-11)9-15(12(2)16)13-6-4-3-5-7-13/h3-10H,1-2H3. The lowest BCUT2D eigenvalue weighted by atomic mass is 10.0. The van der Waals surface area contributed by atoms with Gasteiger partial charge in [-0.1, -0.05) is 30.3 Å². The van der Waals surface area contributed by atoms with Crippen LogP contribution in [0.3, 0.4) is 0 Å². The Kier molecular flexibility index (Phi) is 3.55. The quantitative estimate of drug-likeness (QED) is 0.738. The Hall–Kier alpha value is -1.67. The Labute approximate surface area is 105 Å². The molecule has 0 aliphatic rings. The minimum absolute atomic E-state index is 0.0993. The molecule has 2 aromatic rings. The van der Waals surface area contributed by atoms with Crippen molar-refractivity contribution < 1.29 is 4.79 Å². The Bertz CT molecular complexity index is 549. The number of thiophene rings is 1. The number of rotatable bonds is 3. The number of aryl methyl sites for hydroxylation is 1. The average Bonchev–Trinajstić information content (AvgIpc) is 2.73. The average molecular weight is 242 g/mol. The van der Waals surface area contributed by atoms with Gasteiger partial charge in [0.15, 0.2) is 5.78 Å². The van der Waals surface area contributed by atoms with Gasteiger partial charge in [0, 0.05) is 10.5 Å². The molecular weight excluding hydrogens is 228 g/mol. The molecule has 0 saturated heterocycles. The van der Waals surface area contributed by atoms with Gasteiger partial charge in [0.1, 0.15) is 0 Å². The van der Waals surface area contributed by atoms with Gasteiger partial charge in [0.05, 0.1) is 0 Å². The van der Waals surface area contributed by atoms with Crippen LogP contribution in [0.25, 0.3) is 11.6 Å². The SMILES string of the molecule is CC(=O)C(=Cc1cc(C)cs1)c1ccccc1. The van der Waals surface area contributed by atoms with Crippen molar-refractivity contribution in [2.45, 2.75) is 13.8 Å². The second-order valence-electron chi connectivity index (χ2n) is 4.01. The zero-order valence-electron chi connectivity index (χ0n) is 9.94. The highest BCUT2D eigenvalue weighted by Gasteiger charge is 2.07. The van der Waals surface area contributed by atoms with Crippen molar-refractivity contribution >= 4 is 28.8 Å². The van der Waals surface area contributed by atoms with Crippen molar-refractivity contribution in [2.75, 3.05) is 0 Å². The van der Waals surface area contributed by atoms with Crippen molar-refractivity contribution in [3.05, 3.63) is 57.8 Å². The lowest BCUT2D eigenvalue weighted by molar-refractivity contribution is -0.111. The second kappa shape index (κ2) is 5.11. The summed E-state index contributed by atoms with van der Waals surface area (Å²) in [5, 5.41) is 2.09. The van der Waals surface area contributed by atoms with Crippen molar-refractivity contribution in [1.82, 2.24) is 0 Å². The summed E-state index contributed by atoms with van der Waals surface area (Å²) in [7, 11) is 0. The first-order valence-electron chi connectivity index (χ1n) is 5.50. The van der Waals surface area contributed by atoms with Crippen LogP contribution in [0.1, 0.15) is 22.9 Å². The predicted octanol–water partition coefficient (Wildman–Crippen LogP) is 4.19. The third kappa shape index (κ3) is 2.92. The molecule has 1 aromatic heterocycles. The Morgan fingerprint density at radius 3 is 2.47 bits per heavy atom. The maximum absolute atomic E-state index is 11.7. The van der Waals surface area contributed by atoms with Gasteiger partial charge in [0.2, 0.25) is 0 Å². The molecule has 0 amide bonds. The Morgan fingerprint density at radius 1 is 1.24 bits per heavy atom. The third-order valence-electron chi connectivity index (χ3n) is 2.50. The molecule has 0 bridgehead atoms. The summed E-state index contributed by atoms with van der Waals surface area (Å²) in [6.45, 7) is 3.67. The molecule has 0 fully saturated rings. The fourth-order valence-corrected chi connectivity index (χ4v) is 2.51. The van der Waals surface area contributed by atoms with Gasteiger partial charge in [0.25, 0.3) is 0 Å². The minimum atomic E-state index is 0.0993. The third-order valence-corrected chi connectivity index (χ3v) is 3.50. The van der Waals surface area contributed by atoms with Crippen molar-refractivity contribution in [2.24, 2.45) is 0 Å². The number of carbonyl (C=O) groups excluding carboxylic acids is 1. The molecule has 0 N–H and O–H groups in total. The molecule has 1 aromatic carbocycles. The highest BCUT2D eigenvalue weighted by molar-refractivity contribution is 7.11. The highest BCUT2D eigenvalue weighted by Crippen LogP contribution is 2.23. The van der Waals surface area contributed by atoms with E-state index in [2.05, 4.69) is 18.4 Å². The van der Waals surface area contributed by atoms with E-state index >= 15 is 0 Å². The van der Waals surface area contributed by atoms with E-state index in [0.717, 1.165) is 16.0 Å². The summed E-state index contributed by atoms with van der Waals surface area (Å²) in [4.78, 5) is 12.8. The fourth-order valence-electron chi connectivity index (χ4n) is 1.68. The van der Waals surface area contributed by atoms with Crippen LogP contribution in [-0.2, 0) is 4.79 Å². The first kappa shape index (κ1) is 11.8. The zero-order chi connectivity index (χ0) is 12.3. The van der Waals surface area contributed by atoms with Gasteiger partial charge in [-0.15, -0.1) is 11.3 Å². The van der Waals surface area contributed by atoms with Crippen molar-refractivity contribution in [3.8, 4) is 0 Å². The van der Waals surface area contributed by atoms with Gasteiger partial charge >= 0.3 is 0 Å². The van der Waals surface area contributed by atoms with Gasteiger partial charge in [-0.25, -0.2) is 0 Å². The van der Waals surface area contributed by atoms with Crippen molar-refractivity contribution in [1.29, 1.82) is 0 Å². The summed E-state index contributed by atoms with van der Waals surface area (Å²) in [5.41, 5.74) is 2.98. The van der Waals surface area contributed by atoms with E-state index in [9.17, 15) is 4.79 Å². The summed E-state index contributed by atoms with van der Waals surface area (Å²) in [6, 6.07) is 11.9. The van der Waals surface area contributed by atoms with Crippen molar-refractivity contribution in [3.63, 3.8) is 0 Å². The number of benzene rings is 1. The van der Waals surface area contributed by atoms with Crippen LogP contribution in [-0.4, -0.2) is 5.78 Å². The molecule has 0 aliphatic carbocycles. The van der Waals surface area contributed by atoms with E-state index in [1.54, 1.807) is 18.3 Å². The van der Waals surface area contributed by atoms with Gasteiger partial charge < -0.3 is 0 Å². The monoisotopic (exact) mass is 242 g/mol. The molecule has 0 saturated carbocycles. The molecule has 2 rings (SSSR count). The van der Waals surface area contributed by atoms with Gasteiger partial charge in [-0.2, -0.15) is 0 Å². The number of hydrogen-bond donors (Lipinski definition) is 0. The molecule has 0 radical (unpaired) electrons. The molecule has 0 atom stereocenters. The number of ketones is 1. The number of Topliss-reactive ketones (excluding diaryl/α,β-unsaturated/α-hetero) is 1. The van der Waals surface area contributed by atoms with Crippen LogP contribution in [0, 0.1) is 6.92 Å². The number of carbonyl (C=O) groups is 1. The van der Waals surface area contributed by atoms with Crippen LogP contribution in [0.2, 0.25) is 0 Å². The first-order chi connectivity index (χ1) is 8.16.